The lowest BCUT2D eigenvalue weighted by Gasteiger charge is -2.26. The van der Waals surface area contributed by atoms with Gasteiger partial charge in [0, 0.05) is 29.9 Å². The minimum atomic E-state index is -4.54. The second-order valence-electron chi connectivity index (χ2n) is 6.65. The Kier molecular flexibility index (Phi) is 6.02. The van der Waals surface area contributed by atoms with Gasteiger partial charge in [0.1, 0.15) is 0 Å². The van der Waals surface area contributed by atoms with Gasteiger partial charge in [0.25, 0.3) is 11.1 Å². The number of rotatable bonds is 5. The predicted octanol–water partition coefficient (Wildman–Crippen LogP) is 5.11. The van der Waals surface area contributed by atoms with Crippen LogP contribution < -0.4 is 0 Å². The van der Waals surface area contributed by atoms with Crippen LogP contribution >= 0.6 is 12.2 Å². The number of amides is 1. The first-order valence-corrected chi connectivity index (χ1v) is 9.45. The monoisotopic (exact) mass is 420 g/mol. The van der Waals surface area contributed by atoms with Crippen LogP contribution in [-0.2, 0) is 16.5 Å². The number of alkyl halides is 3. The SMILES string of the molecule is CC/C=C\CC1(c2ccncc2)CN(C(=O)c2cccc(C(F)(F)F)c2)C(=S)O1. The Hall–Kier alpha value is -2.74. The minimum absolute atomic E-state index is 0.0610. The summed E-state index contributed by atoms with van der Waals surface area (Å²) in [6.07, 6.45) is 3.91. The number of allylic oxidation sites excluding steroid dienone is 1. The maximum atomic E-state index is 13.0. The Morgan fingerprint density at radius 3 is 2.66 bits per heavy atom. The van der Waals surface area contributed by atoms with Crippen molar-refractivity contribution >= 4 is 23.3 Å². The first kappa shape index (κ1) is 21.0. The molecular weight excluding hydrogens is 401 g/mol. The average molecular weight is 420 g/mol. The molecule has 1 aliphatic heterocycles. The molecule has 1 amide bonds. The first-order valence-electron chi connectivity index (χ1n) is 9.04. The van der Waals surface area contributed by atoms with Gasteiger partial charge < -0.3 is 4.74 Å². The number of aromatic nitrogens is 1. The van der Waals surface area contributed by atoms with E-state index in [1.807, 2.05) is 19.1 Å². The smallest absolute Gasteiger partial charge is 0.416 e. The van der Waals surface area contributed by atoms with Gasteiger partial charge >= 0.3 is 6.18 Å². The largest absolute Gasteiger partial charge is 0.457 e. The van der Waals surface area contributed by atoms with Gasteiger partial charge in [-0.25, -0.2) is 0 Å². The fourth-order valence-corrected chi connectivity index (χ4v) is 3.49. The third-order valence-electron chi connectivity index (χ3n) is 4.65. The fraction of sp³-hybridized carbons (Fsp3) is 0.286. The van der Waals surface area contributed by atoms with E-state index in [0.717, 1.165) is 24.1 Å². The highest BCUT2D eigenvalue weighted by Gasteiger charge is 2.46. The van der Waals surface area contributed by atoms with Crippen LogP contribution in [0, 0.1) is 0 Å². The third-order valence-corrected chi connectivity index (χ3v) is 4.96. The maximum Gasteiger partial charge on any atom is 0.416 e. The number of nitrogens with zero attached hydrogens (tertiary/aromatic N) is 2. The molecular formula is C21H19F3N2O2S. The van der Waals surface area contributed by atoms with Crippen LogP contribution in [0.4, 0.5) is 13.2 Å². The third kappa shape index (κ3) is 4.48. The van der Waals surface area contributed by atoms with Crippen LogP contribution in [0.5, 0.6) is 0 Å². The number of carbonyl (C=O) groups excluding carboxylic acids is 1. The molecule has 2 aromatic rings. The topological polar surface area (TPSA) is 42.4 Å². The summed E-state index contributed by atoms with van der Waals surface area (Å²) in [5.74, 6) is -0.628. The quantitative estimate of drug-likeness (QED) is 0.498. The molecule has 152 valence electrons. The van der Waals surface area contributed by atoms with Gasteiger partial charge in [-0.15, -0.1) is 0 Å². The van der Waals surface area contributed by atoms with Crippen LogP contribution in [0.25, 0.3) is 0 Å². The van der Waals surface area contributed by atoms with Crippen LogP contribution in [-0.4, -0.2) is 27.5 Å². The Morgan fingerprint density at radius 2 is 2.00 bits per heavy atom. The normalized spacial score (nSPS) is 19.6. The molecule has 1 unspecified atom stereocenters. The molecule has 0 radical (unpaired) electrons. The number of carbonyl (C=O) groups is 1. The highest BCUT2D eigenvalue weighted by molar-refractivity contribution is 7.80. The number of hydrogen-bond acceptors (Lipinski definition) is 4. The lowest BCUT2D eigenvalue weighted by atomic mass is 9.90. The standard InChI is InChI=1S/C21H19F3N2O2S/c1-2-3-4-10-20(16-8-11-25-12-9-16)14-26(19(29)28-20)18(27)15-6-5-7-17(13-15)21(22,23)24/h3-9,11-13H,2,10,14H2,1H3/b4-3-. The van der Waals surface area contributed by atoms with Gasteiger partial charge in [0.2, 0.25) is 0 Å². The molecule has 1 saturated heterocycles. The maximum absolute atomic E-state index is 13.0. The van der Waals surface area contributed by atoms with Gasteiger partial charge in [0.05, 0.1) is 12.1 Å². The molecule has 1 aromatic carbocycles. The van der Waals surface area contributed by atoms with Crippen molar-refractivity contribution < 1.29 is 22.7 Å². The molecule has 29 heavy (non-hydrogen) atoms. The van der Waals surface area contributed by atoms with E-state index in [1.54, 1.807) is 24.5 Å². The minimum Gasteiger partial charge on any atom is -0.457 e. The van der Waals surface area contributed by atoms with Gasteiger partial charge in [-0.2, -0.15) is 13.2 Å². The Balaban J connectivity index is 1.93. The summed E-state index contributed by atoms with van der Waals surface area (Å²) in [5.41, 5.74) is -1.11. The van der Waals surface area contributed by atoms with Crippen molar-refractivity contribution in [3.05, 3.63) is 77.6 Å². The summed E-state index contributed by atoms with van der Waals surface area (Å²) >= 11 is 5.27. The van der Waals surface area contributed by atoms with E-state index in [2.05, 4.69) is 4.98 Å². The molecule has 1 aromatic heterocycles. The van der Waals surface area contributed by atoms with Crippen molar-refractivity contribution in [2.75, 3.05) is 6.54 Å². The molecule has 0 N–H and O–H groups in total. The average Bonchev–Trinajstić information content (AvgIpc) is 3.05. The lowest BCUT2D eigenvalue weighted by molar-refractivity contribution is -0.137. The zero-order chi connectivity index (χ0) is 21.1. The van der Waals surface area contributed by atoms with E-state index < -0.39 is 23.2 Å². The number of benzene rings is 1. The summed E-state index contributed by atoms with van der Waals surface area (Å²) in [6, 6.07) is 7.85. The van der Waals surface area contributed by atoms with E-state index in [9.17, 15) is 18.0 Å². The number of hydrogen-bond donors (Lipinski definition) is 0. The summed E-state index contributed by atoms with van der Waals surface area (Å²) in [5, 5.41) is -0.0610. The van der Waals surface area contributed by atoms with Crippen molar-refractivity contribution in [3.63, 3.8) is 0 Å². The van der Waals surface area contributed by atoms with Crippen LogP contribution in [0.3, 0.4) is 0 Å². The van der Waals surface area contributed by atoms with Crippen molar-refractivity contribution in [1.82, 2.24) is 9.88 Å². The molecule has 1 fully saturated rings. The van der Waals surface area contributed by atoms with Crippen molar-refractivity contribution in [2.45, 2.75) is 31.5 Å². The van der Waals surface area contributed by atoms with Crippen molar-refractivity contribution in [2.24, 2.45) is 0 Å². The van der Waals surface area contributed by atoms with E-state index >= 15 is 0 Å². The zero-order valence-electron chi connectivity index (χ0n) is 15.6. The van der Waals surface area contributed by atoms with Gasteiger partial charge in [0.15, 0.2) is 5.60 Å². The Morgan fingerprint density at radius 1 is 1.28 bits per heavy atom. The highest BCUT2D eigenvalue weighted by atomic mass is 32.1. The van der Waals surface area contributed by atoms with Crippen molar-refractivity contribution in [3.8, 4) is 0 Å². The summed E-state index contributed by atoms with van der Waals surface area (Å²) in [6.45, 7) is 2.10. The zero-order valence-corrected chi connectivity index (χ0v) is 16.5. The van der Waals surface area contributed by atoms with Gasteiger partial charge in [-0.05, 0) is 49.0 Å². The molecule has 0 bridgehead atoms. The number of halogens is 3. The molecule has 0 spiro atoms. The molecule has 2 heterocycles. The van der Waals surface area contributed by atoms with Gasteiger partial charge in [-0.3, -0.25) is 14.7 Å². The number of ether oxygens (including phenoxy) is 1. The Bertz CT molecular complexity index is 931. The second kappa shape index (κ2) is 8.32. The molecule has 0 saturated carbocycles. The first-order chi connectivity index (χ1) is 13.8. The fourth-order valence-electron chi connectivity index (χ4n) is 3.18. The molecule has 3 rings (SSSR count). The molecule has 4 nitrogen and oxygen atoms in total. The van der Waals surface area contributed by atoms with Crippen molar-refractivity contribution in [1.29, 1.82) is 0 Å². The number of thiocarbonyl (C=S) groups is 1. The molecule has 1 aliphatic rings. The highest BCUT2D eigenvalue weighted by Crippen LogP contribution is 2.38. The van der Waals surface area contributed by atoms with E-state index in [0.29, 0.717) is 6.42 Å². The molecule has 8 heteroatoms. The second-order valence-corrected chi connectivity index (χ2v) is 7.00. The van der Waals surface area contributed by atoms with E-state index in [1.165, 1.54) is 17.0 Å². The van der Waals surface area contributed by atoms with Gasteiger partial charge in [-0.1, -0.05) is 25.1 Å². The van der Waals surface area contributed by atoms with E-state index in [-0.39, 0.29) is 17.3 Å². The summed E-state index contributed by atoms with van der Waals surface area (Å²) < 4.78 is 45.0. The lowest BCUT2D eigenvalue weighted by Crippen LogP contribution is -2.35. The molecule has 1 atom stereocenters. The van der Waals surface area contributed by atoms with Crippen LogP contribution in [0.1, 0.15) is 41.3 Å². The predicted molar refractivity (Wildman–Crippen MR) is 106 cm³/mol. The van der Waals surface area contributed by atoms with E-state index in [4.69, 9.17) is 17.0 Å². The van der Waals surface area contributed by atoms with Crippen LogP contribution in [0.15, 0.2) is 60.9 Å². The van der Waals surface area contributed by atoms with Crippen LogP contribution in [0.2, 0.25) is 0 Å². The Labute approximate surface area is 172 Å². The summed E-state index contributed by atoms with van der Waals surface area (Å²) in [4.78, 5) is 18.2. The summed E-state index contributed by atoms with van der Waals surface area (Å²) in [7, 11) is 0. The number of pyridine rings is 1. The molecule has 0 aliphatic carbocycles.